The van der Waals surface area contributed by atoms with Crippen molar-refractivity contribution in [1.82, 2.24) is 0 Å². The van der Waals surface area contributed by atoms with Gasteiger partial charge in [-0.15, -0.1) is 0 Å². The molecule has 1 saturated heterocycles. The van der Waals surface area contributed by atoms with E-state index in [9.17, 15) is 0 Å². The molecule has 1 fully saturated rings. The molecule has 4 heteroatoms. The molecule has 0 atom stereocenters. The topological polar surface area (TPSA) is 54.3 Å². The van der Waals surface area contributed by atoms with Gasteiger partial charge in [-0.1, -0.05) is 0 Å². The second kappa shape index (κ2) is 6.12. The van der Waals surface area contributed by atoms with E-state index in [1.54, 1.807) is 0 Å². The summed E-state index contributed by atoms with van der Waals surface area (Å²) >= 11 is 0. The highest BCUT2D eigenvalue weighted by Gasteiger charge is 2.12. The number of hydrogen-bond donors (Lipinski definition) is 1. The lowest BCUT2D eigenvalue weighted by atomic mass is 10.1. The lowest BCUT2D eigenvalue weighted by molar-refractivity contribution is 0.0904. The van der Waals surface area contributed by atoms with Crippen LogP contribution < -0.4 is 10.1 Å². The fraction of sp³-hybridized carbons (Fsp3) is 0.462. The van der Waals surface area contributed by atoms with Crippen LogP contribution in [0.3, 0.4) is 0 Å². The highest BCUT2D eigenvalue weighted by atomic mass is 16.5. The average Bonchev–Trinajstić information content (AvgIpc) is 2.39. The predicted octanol–water partition coefficient (Wildman–Crippen LogP) is 2.18. The third kappa shape index (κ3) is 3.65. The lowest BCUT2D eigenvalue weighted by Crippen LogP contribution is -2.27. The predicted molar refractivity (Wildman–Crippen MR) is 65.0 cm³/mol. The van der Waals surface area contributed by atoms with Crippen LogP contribution in [-0.2, 0) is 4.74 Å². The summed E-state index contributed by atoms with van der Waals surface area (Å²) in [6, 6.07) is 10.1. The van der Waals surface area contributed by atoms with Crippen LogP contribution in [0.15, 0.2) is 24.3 Å². The highest BCUT2D eigenvalue weighted by molar-refractivity contribution is 5.47. The SMILES string of the molecule is N#CCOc1ccc(NC2CCOCC2)cc1. The summed E-state index contributed by atoms with van der Waals surface area (Å²) in [7, 11) is 0. The molecule has 1 aromatic rings. The summed E-state index contributed by atoms with van der Waals surface area (Å²) in [4.78, 5) is 0. The zero-order valence-electron chi connectivity index (χ0n) is 9.69. The van der Waals surface area contributed by atoms with Crippen LogP contribution in [0.25, 0.3) is 0 Å². The maximum Gasteiger partial charge on any atom is 0.174 e. The maximum atomic E-state index is 8.40. The second-order valence-electron chi connectivity index (χ2n) is 4.00. The molecule has 90 valence electrons. The molecule has 17 heavy (non-hydrogen) atoms. The molecular weight excluding hydrogens is 216 g/mol. The third-order valence-corrected chi connectivity index (χ3v) is 2.75. The van der Waals surface area contributed by atoms with Crippen LogP contribution >= 0.6 is 0 Å². The van der Waals surface area contributed by atoms with Crippen LogP contribution in [0.4, 0.5) is 5.69 Å². The van der Waals surface area contributed by atoms with Gasteiger partial charge in [0.1, 0.15) is 11.8 Å². The minimum atomic E-state index is 0.0900. The van der Waals surface area contributed by atoms with Crippen molar-refractivity contribution in [2.45, 2.75) is 18.9 Å². The van der Waals surface area contributed by atoms with Crippen molar-refractivity contribution in [2.24, 2.45) is 0 Å². The molecule has 0 radical (unpaired) electrons. The van der Waals surface area contributed by atoms with Crippen molar-refractivity contribution in [3.63, 3.8) is 0 Å². The van der Waals surface area contributed by atoms with Gasteiger partial charge < -0.3 is 14.8 Å². The largest absolute Gasteiger partial charge is 0.479 e. The Labute approximate surface area is 101 Å². The second-order valence-corrected chi connectivity index (χ2v) is 4.00. The maximum absolute atomic E-state index is 8.40. The molecular formula is C13H16N2O2. The Morgan fingerprint density at radius 3 is 2.65 bits per heavy atom. The minimum Gasteiger partial charge on any atom is -0.479 e. The Balaban J connectivity index is 1.86. The quantitative estimate of drug-likeness (QED) is 0.864. The molecule has 1 aliphatic heterocycles. The third-order valence-electron chi connectivity index (χ3n) is 2.75. The smallest absolute Gasteiger partial charge is 0.174 e. The van der Waals surface area contributed by atoms with Gasteiger partial charge in [0.15, 0.2) is 6.61 Å². The molecule has 0 spiro atoms. The summed E-state index contributed by atoms with van der Waals surface area (Å²) < 4.78 is 10.5. The number of nitrogens with zero attached hydrogens (tertiary/aromatic N) is 1. The minimum absolute atomic E-state index is 0.0900. The van der Waals surface area contributed by atoms with Crippen LogP contribution in [0, 0.1) is 11.3 Å². The summed E-state index contributed by atoms with van der Waals surface area (Å²) in [5.41, 5.74) is 1.08. The molecule has 1 aliphatic rings. The highest BCUT2D eigenvalue weighted by Crippen LogP contribution is 2.18. The van der Waals surface area contributed by atoms with E-state index in [0.717, 1.165) is 37.5 Å². The number of ether oxygens (including phenoxy) is 2. The van der Waals surface area contributed by atoms with Crippen molar-refractivity contribution in [3.8, 4) is 11.8 Å². The Morgan fingerprint density at radius 1 is 1.29 bits per heavy atom. The van der Waals surface area contributed by atoms with Gasteiger partial charge >= 0.3 is 0 Å². The molecule has 0 unspecified atom stereocenters. The van der Waals surface area contributed by atoms with E-state index in [2.05, 4.69) is 5.32 Å². The van der Waals surface area contributed by atoms with Crippen molar-refractivity contribution in [1.29, 1.82) is 5.26 Å². The zero-order valence-corrected chi connectivity index (χ0v) is 9.69. The first kappa shape index (κ1) is 11.7. The van der Waals surface area contributed by atoms with E-state index in [1.807, 2.05) is 30.3 Å². The van der Waals surface area contributed by atoms with E-state index in [0.29, 0.717) is 6.04 Å². The Bertz CT molecular complexity index is 377. The van der Waals surface area contributed by atoms with Crippen molar-refractivity contribution in [2.75, 3.05) is 25.1 Å². The molecule has 4 nitrogen and oxygen atoms in total. The van der Waals surface area contributed by atoms with E-state index in [-0.39, 0.29) is 6.61 Å². The molecule has 1 N–H and O–H groups in total. The first-order chi connectivity index (χ1) is 8.38. The van der Waals surface area contributed by atoms with Gasteiger partial charge in [-0.25, -0.2) is 0 Å². The van der Waals surface area contributed by atoms with Crippen molar-refractivity contribution < 1.29 is 9.47 Å². The molecule has 2 rings (SSSR count). The fourth-order valence-electron chi connectivity index (χ4n) is 1.84. The normalized spacial score (nSPS) is 16.2. The molecule has 0 aliphatic carbocycles. The molecule has 0 amide bonds. The molecule has 1 aromatic carbocycles. The average molecular weight is 232 g/mol. The lowest BCUT2D eigenvalue weighted by Gasteiger charge is -2.24. The van der Waals surface area contributed by atoms with Crippen molar-refractivity contribution in [3.05, 3.63) is 24.3 Å². The molecule has 0 bridgehead atoms. The van der Waals surface area contributed by atoms with Crippen LogP contribution in [-0.4, -0.2) is 25.9 Å². The van der Waals surface area contributed by atoms with Gasteiger partial charge in [-0.05, 0) is 37.1 Å². The van der Waals surface area contributed by atoms with E-state index in [1.165, 1.54) is 0 Å². The Hall–Kier alpha value is -1.73. The van der Waals surface area contributed by atoms with Crippen LogP contribution in [0.1, 0.15) is 12.8 Å². The molecule has 1 heterocycles. The van der Waals surface area contributed by atoms with Crippen molar-refractivity contribution >= 4 is 5.69 Å². The van der Waals surface area contributed by atoms with Gasteiger partial charge in [-0.2, -0.15) is 5.26 Å². The Kier molecular flexibility index (Phi) is 4.23. The standard InChI is InChI=1S/C13H16N2O2/c14-7-10-17-13-3-1-11(2-4-13)15-12-5-8-16-9-6-12/h1-4,12,15H,5-6,8-10H2. The first-order valence-corrected chi connectivity index (χ1v) is 5.82. The Morgan fingerprint density at radius 2 is 2.00 bits per heavy atom. The van der Waals surface area contributed by atoms with Gasteiger partial charge in [-0.3, -0.25) is 0 Å². The van der Waals surface area contributed by atoms with E-state index in [4.69, 9.17) is 14.7 Å². The summed E-state index contributed by atoms with van der Waals surface area (Å²) in [6.07, 6.45) is 2.10. The first-order valence-electron chi connectivity index (χ1n) is 5.82. The van der Waals surface area contributed by atoms with Gasteiger partial charge in [0.25, 0.3) is 0 Å². The van der Waals surface area contributed by atoms with Gasteiger partial charge in [0.2, 0.25) is 0 Å². The van der Waals surface area contributed by atoms with Gasteiger partial charge in [0, 0.05) is 24.9 Å². The molecule has 0 aromatic heterocycles. The summed E-state index contributed by atoms with van der Waals surface area (Å²) in [5.74, 6) is 0.726. The van der Waals surface area contributed by atoms with E-state index >= 15 is 0 Å². The zero-order chi connectivity index (χ0) is 11.9. The summed E-state index contributed by atoms with van der Waals surface area (Å²) in [5, 5.41) is 11.9. The van der Waals surface area contributed by atoms with E-state index < -0.39 is 0 Å². The number of nitrogens with one attached hydrogen (secondary N) is 1. The number of anilines is 1. The number of benzene rings is 1. The fourth-order valence-corrected chi connectivity index (χ4v) is 1.84. The molecule has 0 saturated carbocycles. The number of hydrogen-bond acceptors (Lipinski definition) is 4. The number of rotatable bonds is 4. The monoisotopic (exact) mass is 232 g/mol. The van der Waals surface area contributed by atoms with Crippen LogP contribution in [0.2, 0.25) is 0 Å². The summed E-state index contributed by atoms with van der Waals surface area (Å²) in [6.45, 7) is 1.76. The van der Waals surface area contributed by atoms with Gasteiger partial charge in [0.05, 0.1) is 0 Å². The van der Waals surface area contributed by atoms with Crippen LogP contribution in [0.5, 0.6) is 5.75 Å². The number of nitriles is 1.